The first kappa shape index (κ1) is 12.5. The van der Waals surface area contributed by atoms with Crippen molar-refractivity contribution in [1.29, 1.82) is 0 Å². The highest BCUT2D eigenvalue weighted by atomic mass is 16.3. The minimum Gasteiger partial charge on any atom is -0.472 e. The van der Waals surface area contributed by atoms with E-state index >= 15 is 0 Å². The molecule has 0 fully saturated rings. The molecule has 19 heavy (non-hydrogen) atoms. The summed E-state index contributed by atoms with van der Waals surface area (Å²) in [7, 11) is 0. The van der Waals surface area contributed by atoms with E-state index in [1.807, 2.05) is 13.0 Å². The van der Waals surface area contributed by atoms with Crippen molar-refractivity contribution in [1.82, 2.24) is 0 Å². The molecule has 1 unspecified atom stereocenters. The second kappa shape index (κ2) is 4.86. The van der Waals surface area contributed by atoms with Crippen LogP contribution in [0.25, 0.3) is 0 Å². The van der Waals surface area contributed by atoms with Crippen molar-refractivity contribution in [3.05, 3.63) is 59.0 Å². The van der Waals surface area contributed by atoms with E-state index in [0.717, 1.165) is 17.5 Å². The number of hydrogen-bond donors (Lipinski definition) is 1. The molecule has 100 valence electrons. The number of aliphatic hydroxyl groups is 1. The van der Waals surface area contributed by atoms with Gasteiger partial charge in [0, 0.05) is 6.42 Å². The second-order valence-corrected chi connectivity index (χ2v) is 5.77. The molecule has 0 bridgehead atoms. The first-order valence-corrected chi connectivity index (χ1v) is 7.01. The van der Waals surface area contributed by atoms with Gasteiger partial charge in [0.25, 0.3) is 0 Å². The third-order valence-corrected chi connectivity index (χ3v) is 4.10. The molecular formula is C17H20O2. The molecule has 0 amide bonds. The normalized spacial score (nSPS) is 17.8. The summed E-state index contributed by atoms with van der Waals surface area (Å²) in [6, 6.07) is 8.36. The van der Waals surface area contributed by atoms with Gasteiger partial charge < -0.3 is 9.52 Å². The smallest absolute Gasteiger partial charge is 0.0935 e. The molecule has 1 N–H and O–H groups in total. The standard InChI is InChI=1S/C17H20O2/c1-17(18,11-13-8-9-19-12-13)16-7-6-14-4-2-3-5-15(14)10-16/h6-10,12,18H,2-5,11H2,1H3. The van der Waals surface area contributed by atoms with E-state index in [2.05, 4.69) is 18.2 Å². The molecule has 0 spiro atoms. The van der Waals surface area contributed by atoms with Crippen LogP contribution in [0.15, 0.2) is 41.2 Å². The second-order valence-electron chi connectivity index (χ2n) is 5.77. The number of benzene rings is 1. The Bertz CT molecular complexity index is 553. The van der Waals surface area contributed by atoms with Crippen LogP contribution in [-0.4, -0.2) is 5.11 Å². The van der Waals surface area contributed by atoms with Crippen molar-refractivity contribution in [2.45, 2.75) is 44.6 Å². The van der Waals surface area contributed by atoms with E-state index in [1.54, 1.807) is 12.5 Å². The quantitative estimate of drug-likeness (QED) is 0.910. The summed E-state index contributed by atoms with van der Waals surface area (Å²) in [5, 5.41) is 10.7. The summed E-state index contributed by atoms with van der Waals surface area (Å²) in [6.45, 7) is 1.88. The number of fused-ring (bicyclic) bond motifs is 1. The average Bonchev–Trinajstić information content (AvgIpc) is 2.90. The van der Waals surface area contributed by atoms with Gasteiger partial charge in [0.15, 0.2) is 0 Å². The predicted octanol–water partition coefficient (Wildman–Crippen LogP) is 3.61. The van der Waals surface area contributed by atoms with Crippen molar-refractivity contribution in [2.24, 2.45) is 0 Å². The van der Waals surface area contributed by atoms with Gasteiger partial charge in [0.1, 0.15) is 0 Å². The molecule has 0 saturated carbocycles. The average molecular weight is 256 g/mol. The molecule has 2 aromatic rings. The van der Waals surface area contributed by atoms with Gasteiger partial charge in [-0.15, -0.1) is 0 Å². The Labute approximate surface area is 114 Å². The maximum atomic E-state index is 10.7. The van der Waals surface area contributed by atoms with E-state index in [9.17, 15) is 5.11 Å². The van der Waals surface area contributed by atoms with Crippen molar-refractivity contribution in [3.8, 4) is 0 Å². The van der Waals surface area contributed by atoms with Crippen LogP contribution in [0.1, 0.15) is 42.0 Å². The van der Waals surface area contributed by atoms with E-state index in [0.29, 0.717) is 6.42 Å². The lowest BCUT2D eigenvalue weighted by Gasteiger charge is -2.26. The summed E-state index contributed by atoms with van der Waals surface area (Å²) < 4.78 is 5.08. The summed E-state index contributed by atoms with van der Waals surface area (Å²) >= 11 is 0. The van der Waals surface area contributed by atoms with Crippen LogP contribution < -0.4 is 0 Å². The summed E-state index contributed by atoms with van der Waals surface area (Å²) in [5.41, 5.74) is 4.07. The zero-order chi connectivity index (χ0) is 13.3. The van der Waals surface area contributed by atoms with Gasteiger partial charge >= 0.3 is 0 Å². The molecule has 1 aromatic heterocycles. The van der Waals surface area contributed by atoms with Gasteiger partial charge in [0.2, 0.25) is 0 Å². The lowest BCUT2D eigenvalue weighted by atomic mass is 9.84. The van der Waals surface area contributed by atoms with Crippen molar-refractivity contribution >= 4 is 0 Å². The fourth-order valence-electron chi connectivity index (χ4n) is 2.96. The zero-order valence-corrected chi connectivity index (χ0v) is 11.4. The molecular weight excluding hydrogens is 236 g/mol. The number of hydrogen-bond acceptors (Lipinski definition) is 2. The number of furan rings is 1. The van der Waals surface area contributed by atoms with E-state index < -0.39 is 5.60 Å². The maximum absolute atomic E-state index is 10.7. The third kappa shape index (κ3) is 2.59. The van der Waals surface area contributed by atoms with Crippen LogP contribution in [0.5, 0.6) is 0 Å². The highest BCUT2D eigenvalue weighted by Crippen LogP contribution is 2.30. The Hall–Kier alpha value is -1.54. The van der Waals surface area contributed by atoms with Gasteiger partial charge in [-0.3, -0.25) is 0 Å². The highest BCUT2D eigenvalue weighted by molar-refractivity contribution is 5.36. The largest absolute Gasteiger partial charge is 0.472 e. The van der Waals surface area contributed by atoms with Crippen LogP contribution in [0.2, 0.25) is 0 Å². The molecule has 3 rings (SSSR count). The highest BCUT2D eigenvalue weighted by Gasteiger charge is 2.25. The van der Waals surface area contributed by atoms with Crippen LogP contribution in [-0.2, 0) is 24.9 Å². The number of aryl methyl sites for hydroxylation is 2. The minimum atomic E-state index is -0.837. The lowest BCUT2D eigenvalue weighted by molar-refractivity contribution is 0.0573. The summed E-state index contributed by atoms with van der Waals surface area (Å²) in [5.74, 6) is 0. The van der Waals surface area contributed by atoms with Crippen molar-refractivity contribution < 1.29 is 9.52 Å². The van der Waals surface area contributed by atoms with Gasteiger partial charge in [-0.2, -0.15) is 0 Å². The Morgan fingerprint density at radius 3 is 2.68 bits per heavy atom. The molecule has 0 aliphatic heterocycles. The molecule has 1 aromatic carbocycles. The minimum absolute atomic E-state index is 0.586. The van der Waals surface area contributed by atoms with E-state index in [1.165, 1.54) is 30.4 Å². The first-order chi connectivity index (χ1) is 9.15. The molecule has 1 aliphatic rings. The predicted molar refractivity (Wildman–Crippen MR) is 75.1 cm³/mol. The van der Waals surface area contributed by atoms with Crippen LogP contribution in [0, 0.1) is 0 Å². The van der Waals surface area contributed by atoms with Crippen LogP contribution in [0.3, 0.4) is 0 Å². The zero-order valence-electron chi connectivity index (χ0n) is 11.4. The molecule has 1 atom stereocenters. The lowest BCUT2D eigenvalue weighted by Crippen LogP contribution is -2.24. The van der Waals surface area contributed by atoms with Crippen molar-refractivity contribution in [3.63, 3.8) is 0 Å². The topological polar surface area (TPSA) is 33.4 Å². The van der Waals surface area contributed by atoms with Gasteiger partial charge in [-0.05, 0) is 60.9 Å². The Morgan fingerprint density at radius 1 is 1.16 bits per heavy atom. The van der Waals surface area contributed by atoms with Gasteiger partial charge in [-0.1, -0.05) is 18.2 Å². The van der Waals surface area contributed by atoms with E-state index in [4.69, 9.17) is 4.42 Å². The molecule has 2 nitrogen and oxygen atoms in total. The molecule has 2 heteroatoms. The Kier molecular flexibility index (Phi) is 3.19. The van der Waals surface area contributed by atoms with Gasteiger partial charge in [-0.25, -0.2) is 0 Å². The van der Waals surface area contributed by atoms with Crippen molar-refractivity contribution in [2.75, 3.05) is 0 Å². The third-order valence-electron chi connectivity index (χ3n) is 4.10. The fourth-order valence-corrected chi connectivity index (χ4v) is 2.96. The Balaban J connectivity index is 1.88. The monoisotopic (exact) mass is 256 g/mol. The molecule has 0 radical (unpaired) electrons. The summed E-state index contributed by atoms with van der Waals surface area (Å²) in [4.78, 5) is 0. The molecule has 1 aliphatic carbocycles. The number of rotatable bonds is 3. The maximum Gasteiger partial charge on any atom is 0.0935 e. The first-order valence-electron chi connectivity index (χ1n) is 7.01. The molecule has 1 heterocycles. The van der Waals surface area contributed by atoms with E-state index in [-0.39, 0.29) is 0 Å². The van der Waals surface area contributed by atoms with Crippen LogP contribution >= 0.6 is 0 Å². The van der Waals surface area contributed by atoms with Crippen LogP contribution in [0.4, 0.5) is 0 Å². The summed E-state index contributed by atoms with van der Waals surface area (Å²) in [6.07, 6.45) is 8.82. The molecule has 0 saturated heterocycles. The Morgan fingerprint density at radius 2 is 1.95 bits per heavy atom. The van der Waals surface area contributed by atoms with Gasteiger partial charge in [0.05, 0.1) is 18.1 Å². The fraction of sp³-hybridized carbons (Fsp3) is 0.412. The SMILES string of the molecule is CC(O)(Cc1ccoc1)c1ccc2c(c1)CCCC2.